The van der Waals surface area contributed by atoms with Gasteiger partial charge in [-0.1, -0.05) is 30.1 Å². The standard InChI is InChI=1S/C11H12Cl2N2O4.ClH/c1-2-14(6-10(16)17)5-7-9(15(18)19)4-3-8(12)11(7)13;/h3-4H,2,5-6H2,1H3,(H,16,17);1H. The SMILES string of the molecule is CCN(CC(=O)O)Cc1c([N+](=O)[O-])ccc(Cl)c1Cl.Cl. The van der Waals surface area contributed by atoms with Crippen molar-refractivity contribution in [3.05, 3.63) is 37.9 Å². The van der Waals surface area contributed by atoms with Gasteiger partial charge in [0.05, 0.1) is 27.1 Å². The Morgan fingerprint density at radius 1 is 1.45 bits per heavy atom. The van der Waals surface area contributed by atoms with Gasteiger partial charge >= 0.3 is 5.97 Å². The first-order valence-electron chi connectivity index (χ1n) is 5.42. The van der Waals surface area contributed by atoms with Crippen LogP contribution >= 0.6 is 35.6 Å². The summed E-state index contributed by atoms with van der Waals surface area (Å²) in [6.07, 6.45) is 0. The van der Waals surface area contributed by atoms with Crippen molar-refractivity contribution < 1.29 is 14.8 Å². The highest BCUT2D eigenvalue weighted by molar-refractivity contribution is 6.42. The van der Waals surface area contributed by atoms with E-state index in [4.69, 9.17) is 28.3 Å². The van der Waals surface area contributed by atoms with Crippen LogP contribution in [0.15, 0.2) is 12.1 Å². The van der Waals surface area contributed by atoms with Crippen molar-refractivity contribution in [1.82, 2.24) is 4.90 Å². The first-order valence-corrected chi connectivity index (χ1v) is 6.17. The Hall–Kier alpha value is -1.08. The summed E-state index contributed by atoms with van der Waals surface area (Å²) in [7, 11) is 0. The van der Waals surface area contributed by atoms with E-state index in [1.807, 2.05) is 0 Å². The van der Waals surface area contributed by atoms with Crippen molar-refractivity contribution in [2.24, 2.45) is 0 Å². The molecule has 0 aromatic heterocycles. The van der Waals surface area contributed by atoms with E-state index in [0.29, 0.717) is 6.54 Å². The lowest BCUT2D eigenvalue weighted by Crippen LogP contribution is -2.29. The van der Waals surface area contributed by atoms with Gasteiger partial charge < -0.3 is 5.11 Å². The highest BCUT2D eigenvalue weighted by Crippen LogP contribution is 2.33. The van der Waals surface area contributed by atoms with Crippen molar-refractivity contribution >= 4 is 47.3 Å². The van der Waals surface area contributed by atoms with Gasteiger partial charge in [-0.25, -0.2) is 0 Å². The quantitative estimate of drug-likeness (QED) is 0.633. The number of likely N-dealkylation sites (N-methyl/N-ethyl adjacent to an activating group) is 1. The summed E-state index contributed by atoms with van der Waals surface area (Å²) in [5.41, 5.74) is 0.0560. The van der Waals surface area contributed by atoms with Crippen molar-refractivity contribution in [2.45, 2.75) is 13.5 Å². The number of nitro groups is 1. The zero-order chi connectivity index (χ0) is 14.6. The van der Waals surface area contributed by atoms with Crippen molar-refractivity contribution in [2.75, 3.05) is 13.1 Å². The van der Waals surface area contributed by atoms with Crippen LogP contribution in [0.4, 0.5) is 5.69 Å². The van der Waals surface area contributed by atoms with Crippen LogP contribution in [0.5, 0.6) is 0 Å². The van der Waals surface area contributed by atoms with Gasteiger partial charge in [-0.3, -0.25) is 19.8 Å². The number of hydrogen-bond acceptors (Lipinski definition) is 4. The van der Waals surface area contributed by atoms with E-state index in [9.17, 15) is 14.9 Å². The van der Waals surface area contributed by atoms with Crippen LogP contribution in [0, 0.1) is 10.1 Å². The fourth-order valence-electron chi connectivity index (χ4n) is 1.60. The van der Waals surface area contributed by atoms with E-state index < -0.39 is 10.9 Å². The van der Waals surface area contributed by atoms with Crippen molar-refractivity contribution in [1.29, 1.82) is 0 Å². The van der Waals surface area contributed by atoms with Crippen LogP contribution in [-0.4, -0.2) is 34.0 Å². The van der Waals surface area contributed by atoms with E-state index in [0.717, 1.165) is 0 Å². The molecule has 20 heavy (non-hydrogen) atoms. The molecule has 6 nitrogen and oxygen atoms in total. The number of nitro benzene ring substituents is 1. The highest BCUT2D eigenvalue weighted by atomic mass is 35.5. The van der Waals surface area contributed by atoms with Crippen LogP contribution in [-0.2, 0) is 11.3 Å². The Morgan fingerprint density at radius 3 is 2.50 bits per heavy atom. The molecule has 0 radical (unpaired) electrons. The predicted molar refractivity (Wildman–Crippen MR) is 79.0 cm³/mol. The van der Waals surface area contributed by atoms with Gasteiger partial charge in [0.2, 0.25) is 0 Å². The molecule has 0 aliphatic rings. The summed E-state index contributed by atoms with van der Waals surface area (Å²) < 4.78 is 0. The van der Waals surface area contributed by atoms with E-state index in [-0.39, 0.29) is 46.8 Å². The molecule has 0 bridgehead atoms. The summed E-state index contributed by atoms with van der Waals surface area (Å²) in [6.45, 7) is 2.01. The molecular weight excluding hydrogens is 330 g/mol. The zero-order valence-corrected chi connectivity index (χ0v) is 12.8. The number of benzene rings is 1. The lowest BCUT2D eigenvalue weighted by molar-refractivity contribution is -0.385. The molecule has 0 atom stereocenters. The van der Waals surface area contributed by atoms with Crippen LogP contribution < -0.4 is 0 Å². The smallest absolute Gasteiger partial charge is 0.317 e. The molecule has 1 aromatic carbocycles. The van der Waals surface area contributed by atoms with Gasteiger partial charge in [0.1, 0.15) is 0 Å². The van der Waals surface area contributed by atoms with E-state index in [1.165, 1.54) is 17.0 Å². The highest BCUT2D eigenvalue weighted by Gasteiger charge is 2.21. The molecule has 0 aliphatic carbocycles. The Labute approximate surface area is 131 Å². The maximum Gasteiger partial charge on any atom is 0.317 e. The Kier molecular flexibility index (Phi) is 7.82. The minimum Gasteiger partial charge on any atom is -0.480 e. The second-order valence-electron chi connectivity index (χ2n) is 3.81. The van der Waals surface area contributed by atoms with E-state index >= 15 is 0 Å². The van der Waals surface area contributed by atoms with Crippen molar-refractivity contribution in [3.63, 3.8) is 0 Å². The number of hydrogen-bond donors (Lipinski definition) is 1. The maximum absolute atomic E-state index is 10.9. The number of nitrogens with zero attached hydrogens (tertiary/aromatic N) is 2. The Balaban J connectivity index is 0.00000361. The van der Waals surface area contributed by atoms with Gasteiger partial charge in [-0.2, -0.15) is 0 Å². The normalized spacial score (nSPS) is 10.2. The lowest BCUT2D eigenvalue weighted by atomic mass is 10.1. The first-order chi connectivity index (χ1) is 8.86. The Morgan fingerprint density at radius 2 is 2.05 bits per heavy atom. The summed E-state index contributed by atoms with van der Waals surface area (Å²) in [5.74, 6) is -1.01. The third-order valence-corrected chi connectivity index (χ3v) is 3.40. The average Bonchev–Trinajstić information content (AvgIpc) is 2.33. The summed E-state index contributed by atoms with van der Waals surface area (Å²) in [6, 6.07) is 2.61. The van der Waals surface area contributed by atoms with Gasteiger partial charge in [0.25, 0.3) is 5.69 Å². The van der Waals surface area contributed by atoms with Gasteiger partial charge in [0, 0.05) is 12.6 Å². The molecule has 0 aliphatic heterocycles. The number of rotatable bonds is 6. The van der Waals surface area contributed by atoms with Crippen LogP contribution in [0.1, 0.15) is 12.5 Å². The predicted octanol–water partition coefficient (Wildman–Crippen LogP) is 3.23. The topological polar surface area (TPSA) is 83.7 Å². The fraction of sp³-hybridized carbons (Fsp3) is 0.364. The molecule has 0 spiro atoms. The number of carboxylic acid groups (broad SMARTS) is 1. The minimum atomic E-state index is -1.01. The molecule has 0 saturated carbocycles. The number of halogens is 3. The monoisotopic (exact) mass is 342 g/mol. The molecule has 112 valence electrons. The molecule has 1 aromatic rings. The van der Waals surface area contributed by atoms with Crippen molar-refractivity contribution in [3.8, 4) is 0 Å². The third-order valence-electron chi connectivity index (χ3n) is 2.56. The van der Waals surface area contributed by atoms with Crippen LogP contribution in [0.2, 0.25) is 10.0 Å². The number of carboxylic acids is 1. The molecule has 0 fully saturated rings. The molecule has 9 heteroatoms. The minimum absolute atomic E-state index is 0. The van der Waals surface area contributed by atoms with E-state index in [2.05, 4.69) is 0 Å². The molecule has 0 unspecified atom stereocenters. The van der Waals surface area contributed by atoms with Crippen LogP contribution in [0.25, 0.3) is 0 Å². The molecule has 0 amide bonds. The second-order valence-corrected chi connectivity index (χ2v) is 4.60. The average molecular weight is 344 g/mol. The largest absolute Gasteiger partial charge is 0.480 e. The number of carbonyl (C=O) groups is 1. The van der Waals surface area contributed by atoms with Gasteiger partial charge in [-0.15, -0.1) is 12.4 Å². The molecule has 0 heterocycles. The summed E-state index contributed by atoms with van der Waals surface area (Å²) in [5, 5.41) is 20.0. The summed E-state index contributed by atoms with van der Waals surface area (Å²) >= 11 is 11.8. The lowest BCUT2D eigenvalue weighted by Gasteiger charge is -2.18. The fourth-order valence-corrected chi connectivity index (χ4v) is 1.99. The number of aliphatic carboxylic acids is 1. The molecule has 1 N–H and O–H groups in total. The van der Waals surface area contributed by atoms with Gasteiger partial charge in [-0.05, 0) is 12.6 Å². The molecule has 1 rings (SSSR count). The molecule has 0 saturated heterocycles. The summed E-state index contributed by atoms with van der Waals surface area (Å²) in [4.78, 5) is 22.6. The second kappa shape index (κ2) is 8.26. The Bertz CT molecular complexity index is 511. The first kappa shape index (κ1) is 18.9. The zero-order valence-electron chi connectivity index (χ0n) is 10.5. The van der Waals surface area contributed by atoms with Crippen LogP contribution in [0.3, 0.4) is 0 Å². The van der Waals surface area contributed by atoms with E-state index in [1.54, 1.807) is 6.92 Å². The maximum atomic E-state index is 10.9. The third kappa shape index (κ3) is 4.79. The van der Waals surface area contributed by atoms with Gasteiger partial charge in [0.15, 0.2) is 0 Å². The molecular formula is C11H13Cl3N2O4.